The van der Waals surface area contributed by atoms with Crippen molar-refractivity contribution in [3.05, 3.63) is 47.2 Å². The Morgan fingerprint density at radius 1 is 1.19 bits per heavy atom. The Hall–Kier alpha value is -3.10. The molecule has 0 unspecified atom stereocenters. The van der Waals surface area contributed by atoms with Gasteiger partial charge in [-0.05, 0) is 37.2 Å². The van der Waals surface area contributed by atoms with Crippen molar-refractivity contribution in [2.24, 2.45) is 0 Å². The molecule has 0 fully saturated rings. The average Bonchev–Trinajstić information content (AvgIpc) is 2.74. The number of carbonyl (C=O) groups excluding carboxylic acids is 1. The highest BCUT2D eigenvalue weighted by Crippen LogP contribution is 2.35. The Kier molecular flexibility index (Phi) is 6.39. The van der Waals surface area contributed by atoms with Gasteiger partial charge < -0.3 is 20.1 Å². The van der Waals surface area contributed by atoms with Crippen molar-refractivity contribution in [1.82, 2.24) is 20.2 Å². The summed E-state index contributed by atoms with van der Waals surface area (Å²) in [6.45, 7) is 1.82. The number of anilines is 2. The first kappa shape index (κ1) is 21.1. The molecule has 4 rings (SSSR count). The monoisotopic (exact) mass is 441 g/mol. The molecule has 2 bridgehead atoms. The van der Waals surface area contributed by atoms with Gasteiger partial charge >= 0.3 is 0 Å². The number of rotatable bonds is 1. The topological polar surface area (TPSA) is 88.6 Å². The predicted molar refractivity (Wildman–Crippen MR) is 120 cm³/mol. The number of hydrogen-bond donors (Lipinski definition) is 2. The van der Waals surface area contributed by atoms with Gasteiger partial charge in [0.2, 0.25) is 5.91 Å². The maximum Gasteiger partial charge on any atom is 0.234 e. The molecule has 0 spiro atoms. The standard InChI is InChI=1S/C22H24ClN5O3/c1-28-11-14-4-5-15(23)8-17(14)27-22-16-9-20(31-7-3-6-24-21(29)12-28)19(30-2)10-18(16)25-13-26-22/h4-5,8-10,13H,3,6-7,11-12H2,1-2H3,(H,24,29)(H,25,26,27). The van der Waals surface area contributed by atoms with Gasteiger partial charge in [-0.3, -0.25) is 9.69 Å². The highest BCUT2D eigenvalue weighted by Gasteiger charge is 2.15. The predicted octanol–water partition coefficient (Wildman–Crippen LogP) is 3.37. The second-order valence-electron chi connectivity index (χ2n) is 7.39. The largest absolute Gasteiger partial charge is 0.493 e. The second-order valence-corrected chi connectivity index (χ2v) is 7.83. The highest BCUT2D eigenvalue weighted by molar-refractivity contribution is 6.30. The summed E-state index contributed by atoms with van der Waals surface area (Å²) in [5.74, 6) is 1.79. The molecule has 31 heavy (non-hydrogen) atoms. The van der Waals surface area contributed by atoms with E-state index in [1.165, 1.54) is 6.33 Å². The highest BCUT2D eigenvalue weighted by atomic mass is 35.5. The number of amides is 1. The Bertz CT molecular complexity index is 1110. The number of ether oxygens (including phenoxy) is 2. The number of nitrogens with one attached hydrogen (secondary N) is 2. The number of methoxy groups -OCH3 is 1. The van der Waals surface area contributed by atoms with Crippen LogP contribution in [0, 0.1) is 0 Å². The van der Waals surface area contributed by atoms with Crippen LogP contribution in [-0.2, 0) is 11.3 Å². The summed E-state index contributed by atoms with van der Waals surface area (Å²) in [4.78, 5) is 23.0. The van der Waals surface area contributed by atoms with Crippen molar-refractivity contribution in [2.45, 2.75) is 13.0 Å². The van der Waals surface area contributed by atoms with Crippen LogP contribution in [0.3, 0.4) is 0 Å². The minimum absolute atomic E-state index is 0.0323. The number of aromatic nitrogens is 2. The lowest BCUT2D eigenvalue weighted by Crippen LogP contribution is -2.35. The number of likely N-dealkylation sites (N-methyl/N-ethyl adjacent to an activating group) is 1. The molecule has 2 aromatic carbocycles. The first-order valence-corrected chi connectivity index (χ1v) is 10.4. The van der Waals surface area contributed by atoms with E-state index in [0.717, 1.165) is 22.2 Å². The molecule has 3 aromatic rings. The van der Waals surface area contributed by atoms with Crippen molar-refractivity contribution in [1.29, 1.82) is 0 Å². The van der Waals surface area contributed by atoms with Crippen LogP contribution in [0.5, 0.6) is 11.5 Å². The lowest BCUT2D eigenvalue weighted by Gasteiger charge is -2.20. The maximum atomic E-state index is 12.3. The Balaban J connectivity index is 1.80. The fraction of sp³-hybridized carbons (Fsp3) is 0.318. The van der Waals surface area contributed by atoms with Gasteiger partial charge in [-0.2, -0.15) is 0 Å². The maximum absolute atomic E-state index is 12.3. The van der Waals surface area contributed by atoms with Crippen LogP contribution < -0.4 is 20.1 Å². The van der Waals surface area contributed by atoms with Gasteiger partial charge in [0.15, 0.2) is 11.5 Å². The molecular weight excluding hydrogens is 418 g/mol. The first-order chi connectivity index (χ1) is 15.0. The molecule has 0 atom stereocenters. The van der Waals surface area contributed by atoms with Crippen LogP contribution >= 0.6 is 11.6 Å². The zero-order valence-corrected chi connectivity index (χ0v) is 18.2. The summed E-state index contributed by atoms with van der Waals surface area (Å²) in [6.07, 6.45) is 2.18. The summed E-state index contributed by atoms with van der Waals surface area (Å²) in [7, 11) is 3.50. The van der Waals surface area contributed by atoms with E-state index in [0.29, 0.717) is 48.5 Å². The first-order valence-electron chi connectivity index (χ1n) is 9.99. The third-order valence-electron chi connectivity index (χ3n) is 5.00. The summed E-state index contributed by atoms with van der Waals surface area (Å²) >= 11 is 6.27. The van der Waals surface area contributed by atoms with Crippen molar-refractivity contribution >= 4 is 39.9 Å². The van der Waals surface area contributed by atoms with Crippen molar-refractivity contribution in [3.8, 4) is 11.5 Å². The van der Waals surface area contributed by atoms with Crippen LogP contribution in [0.2, 0.25) is 5.02 Å². The molecule has 9 heteroatoms. The molecular formula is C22H24ClN5O3. The fourth-order valence-corrected chi connectivity index (χ4v) is 3.67. The van der Waals surface area contributed by atoms with E-state index in [1.54, 1.807) is 7.11 Å². The van der Waals surface area contributed by atoms with E-state index in [1.807, 2.05) is 42.3 Å². The minimum atomic E-state index is -0.0323. The van der Waals surface area contributed by atoms with Gasteiger partial charge in [0.1, 0.15) is 12.1 Å². The molecule has 0 saturated heterocycles. The molecule has 0 saturated carbocycles. The number of benzene rings is 2. The van der Waals surface area contributed by atoms with Gasteiger partial charge in [0.25, 0.3) is 0 Å². The van der Waals surface area contributed by atoms with E-state index in [9.17, 15) is 4.79 Å². The molecule has 1 aromatic heterocycles. The normalized spacial score (nSPS) is 15.6. The van der Waals surface area contributed by atoms with E-state index < -0.39 is 0 Å². The number of carbonyl (C=O) groups is 1. The van der Waals surface area contributed by atoms with E-state index in [2.05, 4.69) is 20.6 Å². The van der Waals surface area contributed by atoms with Crippen LogP contribution in [0.1, 0.15) is 12.0 Å². The Morgan fingerprint density at radius 2 is 2.06 bits per heavy atom. The van der Waals surface area contributed by atoms with E-state index in [-0.39, 0.29) is 12.5 Å². The van der Waals surface area contributed by atoms with Crippen LogP contribution in [-0.4, -0.2) is 54.6 Å². The van der Waals surface area contributed by atoms with Crippen molar-refractivity contribution < 1.29 is 14.3 Å². The molecule has 0 aliphatic carbocycles. The molecule has 8 nitrogen and oxygen atoms in total. The van der Waals surface area contributed by atoms with Crippen LogP contribution in [0.25, 0.3) is 10.9 Å². The van der Waals surface area contributed by atoms with Gasteiger partial charge in [-0.15, -0.1) is 0 Å². The van der Waals surface area contributed by atoms with E-state index >= 15 is 0 Å². The van der Waals surface area contributed by atoms with Gasteiger partial charge in [0, 0.05) is 35.3 Å². The smallest absolute Gasteiger partial charge is 0.234 e. The zero-order valence-electron chi connectivity index (χ0n) is 17.4. The van der Waals surface area contributed by atoms with Gasteiger partial charge in [0.05, 0.1) is 25.8 Å². The summed E-state index contributed by atoms with van der Waals surface area (Å²) < 4.78 is 11.4. The van der Waals surface area contributed by atoms with Crippen LogP contribution in [0.4, 0.5) is 11.5 Å². The van der Waals surface area contributed by atoms with Crippen molar-refractivity contribution in [3.63, 3.8) is 0 Å². The minimum Gasteiger partial charge on any atom is -0.493 e. The quantitative estimate of drug-likeness (QED) is 0.598. The number of hydrogen-bond acceptors (Lipinski definition) is 7. The van der Waals surface area contributed by atoms with E-state index in [4.69, 9.17) is 21.1 Å². The molecule has 0 radical (unpaired) electrons. The molecule has 1 aliphatic rings. The third-order valence-corrected chi connectivity index (χ3v) is 5.24. The van der Waals surface area contributed by atoms with Crippen LogP contribution in [0.15, 0.2) is 36.7 Å². The molecule has 1 amide bonds. The zero-order chi connectivity index (χ0) is 21.8. The summed E-state index contributed by atoms with van der Waals surface area (Å²) in [5, 5.41) is 7.73. The molecule has 1 aliphatic heterocycles. The third kappa shape index (κ3) is 4.98. The average molecular weight is 442 g/mol. The second kappa shape index (κ2) is 9.36. The van der Waals surface area contributed by atoms with Crippen molar-refractivity contribution in [2.75, 3.05) is 39.2 Å². The molecule has 2 heterocycles. The summed E-state index contributed by atoms with van der Waals surface area (Å²) in [6, 6.07) is 9.33. The van der Waals surface area contributed by atoms with Gasteiger partial charge in [-0.25, -0.2) is 9.97 Å². The fourth-order valence-electron chi connectivity index (χ4n) is 3.50. The number of halogens is 1. The lowest BCUT2D eigenvalue weighted by atomic mass is 10.1. The SMILES string of the molecule is COc1cc2ncnc3c2cc1OCCCNC(=O)CN(C)Cc1ccc(Cl)cc1N3. The lowest BCUT2D eigenvalue weighted by molar-refractivity contribution is -0.122. The molecule has 162 valence electrons. The summed E-state index contributed by atoms with van der Waals surface area (Å²) in [5.41, 5.74) is 2.53. The number of nitrogens with zero attached hydrogens (tertiary/aromatic N) is 3. The van der Waals surface area contributed by atoms with Gasteiger partial charge in [-0.1, -0.05) is 17.7 Å². The molecule has 2 N–H and O–H groups in total. The Morgan fingerprint density at radius 3 is 2.90 bits per heavy atom. The Labute approximate surface area is 185 Å². The number of fused-ring (bicyclic) bond motifs is 2.